The number of aromatic hydroxyl groups is 1. The lowest BCUT2D eigenvalue weighted by Gasteiger charge is -2.14. The number of rotatable bonds is 2. The predicted molar refractivity (Wildman–Crippen MR) is 70.7 cm³/mol. The number of halogens is 3. The maximum absolute atomic E-state index is 13.2. The molecule has 0 saturated heterocycles. The molecule has 0 aliphatic rings. The summed E-state index contributed by atoms with van der Waals surface area (Å²) in [4.78, 5) is 0.822. The van der Waals surface area contributed by atoms with E-state index in [0.29, 0.717) is 0 Å². The van der Waals surface area contributed by atoms with Crippen molar-refractivity contribution in [1.82, 2.24) is 0 Å². The summed E-state index contributed by atoms with van der Waals surface area (Å²) in [5.41, 5.74) is 6.16. The van der Waals surface area contributed by atoms with Crippen LogP contribution in [0, 0.1) is 5.82 Å². The van der Waals surface area contributed by atoms with Gasteiger partial charge in [0.05, 0.1) is 6.04 Å². The molecule has 17 heavy (non-hydrogen) atoms. The maximum atomic E-state index is 13.2. The van der Waals surface area contributed by atoms with Crippen molar-refractivity contribution in [3.8, 4) is 5.75 Å². The van der Waals surface area contributed by atoms with Gasteiger partial charge in [-0.05, 0) is 23.6 Å². The molecule has 6 heteroatoms. The summed E-state index contributed by atoms with van der Waals surface area (Å²) in [6, 6.07) is 5.55. The summed E-state index contributed by atoms with van der Waals surface area (Å²) in [7, 11) is 0. The van der Waals surface area contributed by atoms with Crippen molar-refractivity contribution < 1.29 is 9.50 Å². The van der Waals surface area contributed by atoms with Crippen LogP contribution in [-0.2, 0) is 0 Å². The Morgan fingerprint density at radius 2 is 2.06 bits per heavy atom. The summed E-state index contributed by atoms with van der Waals surface area (Å²) < 4.78 is 13.2. The van der Waals surface area contributed by atoms with Gasteiger partial charge in [-0.3, -0.25) is 0 Å². The summed E-state index contributed by atoms with van der Waals surface area (Å²) in [5.74, 6) is -1.19. The number of benzene rings is 1. The number of thiophene rings is 1. The lowest BCUT2D eigenvalue weighted by molar-refractivity contribution is 0.424. The second-order valence-electron chi connectivity index (χ2n) is 3.28. The molecule has 0 unspecified atom stereocenters. The Kier molecular flexibility index (Phi) is 4.77. The second-order valence-corrected chi connectivity index (χ2v) is 4.67. The van der Waals surface area contributed by atoms with E-state index in [-0.39, 0.29) is 23.0 Å². The van der Waals surface area contributed by atoms with E-state index in [1.807, 2.05) is 17.5 Å². The molecule has 2 rings (SSSR count). The first kappa shape index (κ1) is 14.3. The summed E-state index contributed by atoms with van der Waals surface area (Å²) in [5, 5.41) is 11.7. The Bertz CT molecular complexity index is 504. The van der Waals surface area contributed by atoms with Gasteiger partial charge in [0.1, 0.15) is 0 Å². The SMILES string of the molecule is Cl.N[C@@H](c1cccs1)c1c(Cl)ccc(F)c1O. The molecule has 0 saturated carbocycles. The van der Waals surface area contributed by atoms with Crippen LogP contribution in [-0.4, -0.2) is 5.11 Å². The van der Waals surface area contributed by atoms with E-state index in [9.17, 15) is 9.50 Å². The number of hydrogen-bond donors (Lipinski definition) is 2. The fraction of sp³-hybridized carbons (Fsp3) is 0.0909. The van der Waals surface area contributed by atoms with Crippen molar-refractivity contribution in [2.24, 2.45) is 5.73 Å². The van der Waals surface area contributed by atoms with Crippen molar-refractivity contribution in [3.05, 3.63) is 50.9 Å². The quantitative estimate of drug-likeness (QED) is 0.886. The Hall–Kier alpha value is -0.810. The van der Waals surface area contributed by atoms with E-state index in [2.05, 4.69) is 0 Å². The minimum atomic E-state index is -0.716. The lowest BCUT2D eigenvalue weighted by atomic mass is 10.0. The van der Waals surface area contributed by atoms with Crippen LogP contribution in [0.4, 0.5) is 4.39 Å². The standard InChI is InChI=1S/C11H9ClFNOS.ClH/c12-6-3-4-7(13)11(15)9(6)10(14)8-2-1-5-16-8;/h1-5,10,15H,14H2;1H/t10-;/m0./s1. The monoisotopic (exact) mass is 293 g/mol. The molecule has 1 heterocycles. The van der Waals surface area contributed by atoms with Crippen LogP contribution in [0.5, 0.6) is 5.75 Å². The van der Waals surface area contributed by atoms with Crippen LogP contribution >= 0.6 is 35.3 Å². The van der Waals surface area contributed by atoms with E-state index < -0.39 is 17.6 Å². The molecule has 0 bridgehead atoms. The van der Waals surface area contributed by atoms with Gasteiger partial charge in [-0.15, -0.1) is 23.7 Å². The molecule has 0 fully saturated rings. The predicted octanol–water partition coefficient (Wildman–Crippen LogP) is 3.72. The summed E-state index contributed by atoms with van der Waals surface area (Å²) in [6.45, 7) is 0. The van der Waals surface area contributed by atoms with Gasteiger partial charge in [0.2, 0.25) is 0 Å². The van der Waals surface area contributed by atoms with Crippen LogP contribution in [0.2, 0.25) is 5.02 Å². The fourth-order valence-electron chi connectivity index (χ4n) is 1.46. The summed E-state index contributed by atoms with van der Waals surface area (Å²) >= 11 is 7.34. The van der Waals surface area contributed by atoms with Crippen molar-refractivity contribution in [2.75, 3.05) is 0 Å². The van der Waals surface area contributed by atoms with Crippen molar-refractivity contribution in [2.45, 2.75) is 6.04 Å². The van der Waals surface area contributed by atoms with Gasteiger partial charge < -0.3 is 10.8 Å². The molecule has 0 spiro atoms. The molecule has 0 aliphatic carbocycles. The Balaban J connectivity index is 0.00000144. The van der Waals surface area contributed by atoms with Crippen LogP contribution < -0.4 is 5.73 Å². The van der Waals surface area contributed by atoms with E-state index in [4.69, 9.17) is 17.3 Å². The largest absolute Gasteiger partial charge is 0.505 e. The molecule has 0 aliphatic heterocycles. The second kappa shape index (κ2) is 5.69. The zero-order valence-corrected chi connectivity index (χ0v) is 11.0. The van der Waals surface area contributed by atoms with Crippen molar-refractivity contribution in [1.29, 1.82) is 0 Å². The summed E-state index contributed by atoms with van der Waals surface area (Å²) in [6.07, 6.45) is 0. The normalized spacial score (nSPS) is 11.9. The zero-order valence-electron chi connectivity index (χ0n) is 8.56. The average molecular weight is 294 g/mol. The highest BCUT2D eigenvalue weighted by molar-refractivity contribution is 7.10. The van der Waals surface area contributed by atoms with E-state index in [0.717, 1.165) is 10.9 Å². The Morgan fingerprint density at radius 3 is 2.65 bits per heavy atom. The van der Waals surface area contributed by atoms with Crippen LogP contribution in [0.1, 0.15) is 16.5 Å². The highest BCUT2D eigenvalue weighted by atomic mass is 35.5. The minimum absolute atomic E-state index is 0. The smallest absolute Gasteiger partial charge is 0.165 e. The molecular weight excluding hydrogens is 284 g/mol. The molecule has 1 aromatic carbocycles. The average Bonchev–Trinajstić information content (AvgIpc) is 2.77. The lowest BCUT2D eigenvalue weighted by Crippen LogP contribution is -2.11. The first-order chi connectivity index (χ1) is 7.61. The van der Waals surface area contributed by atoms with Gasteiger partial charge >= 0.3 is 0 Å². The van der Waals surface area contributed by atoms with Crippen LogP contribution in [0.15, 0.2) is 29.6 Å². The third-order valence-electron chi connectivity index (χ3n) is 2.28. The van der Waals surface area contributed by atoms with E-state index in [1.54, 1.807) is 0 Å². The molecule has 1 atom stereocenters. The molecule has 2 nitrogen and oxygen atoms in total. The zero-order chi connectivity index (χ0) is 11.7. The third kappa shape index (κ3) is 2.72. The van der Waals surface area contributed by atoms with Crippen LogP contribution in [0.25, 0.3) is 0 Å². The molecular formula is C11H10Cl2FNOS. The molecule has 0 amide bonds. The van der Waals surface area contributed by atoms with Crippen LogP contribution in [0.3, 0.4) is 0 Å². The number of phenols is 1. The Labute approximate surface area is 113 Å². The molecule has 92 valence electrons. The number of phenolic OH excluding ortho intramolecular Hbond substituents is 1. The fourth-order valence-corrected chi connectivity index (χ4v) is 2.47. The highest BCUT2D eigenvalue weighted by Crippen LogP contribution is 2.36. The van der Waals surface area contributed by atoms with Crippen molar-refractivity contribution >= 4 is 35.3 Å². The number of nitrogens with two attached hydrogens (primary N) is 1. The van der Waals surface area contributed by atoms with Gasteiger partial charge in [-0.1, -0.05) is 17.7 Å². The first-order valence-corrected chi connectivity index (χ1v) is 5.83. The topological polar surface area (TPSA) is 46.2 Å². The van der Waals surface area contributed by atoms with Gasteiger partial charge in [-0.25, -0.2) is 4.39 Å². The van der Waals surface area contributed by atoms with Gasteiger partial charge in [0, 0.05) is 15.5 Å². The first-order valence-electron chi connectivity index (χ1n) is 4.57. The van der Waals surface area contributed by atoms with Gasteiger partial charge in [-0.2, -0.15) is 0 Å². The van der Waals surface area contributed by atoms with Gasteiger partial charge in [0.15, 0.2) is 11.6 Å². The molecule has 2 aromatic rings. The van der Waals surface area contributed by atoms with E-state index in [1.165, 1.54) is 17.4 Å². The number of hydrogen-bond acceptors (Lipinski definition) is 3. The molecule has 1 aromatic heterocycles. The molecule has 0 radical (unpaired) electrons. The Morgan fingerprint density at radius 1 is 1.35 bits per heavy atom. The van der Waals surface area contributed by atoms with Crippen molar-refractivity contribution in [3.63, 3.8) is 0 Å². The van der Waals surface area contributed by atoms with Gasteiger partial charge in [0.25, 0.3) is 0 Å². The molecule has 3 N–H and O–H groups in total. The highest BCUT2D eigenvalue weighted by Gasteiger charge is 2.20. The minimum Gasteiger partial charge on any atom is -0.505 e. The van der Waals surface area contributed by atoms with E-state index >= 15 is 0 Å². The maximum Gasteiger partial charge on any atom is 0.165 e. The third-order valence-corrected chi connectivity index (χ3v) is 3.56.